The fraction of sp³-hybridized carbons (Fsp3) is 0.0769. The van der Waals surface area contributed by atoms with Gasteiger partial charge in [0.1, 0.15) is 11.6 Å². The minimum atomic E-state index is -0.442. The minimum absolute atomic E-state index is 0.263. The van der Waals surface area contributed by atoms with Crippen molar-refractivity contribution in [3.05, 3.63) is 57.9 Å². The molecule has 0 saturated heterocycles. The van der Waals surface area contributed by atoms with Crippen molar-refractivity contribution >= 4 is 27.7 Å². The van der Waals surface area contributed by atoms with Crippen molar-refractivity contribution in [2.45, 2.75) is 6.92 Å². The number of hydrogen-bond donors (Lipinski definition) is 1. The lowest BCUT2D eigenvalue weighted by atomic mass is 10.2. The summed E-state index contributed by atoms with van der Waals surface area (Å²) in [5, 5.41) is 2.64. The van der Waals surface area contributed by atoms with Crippen molar-refractivity contribution in [3.63, 3.8) is 0 Å². The number of aromatic nitrogens is 1. The van der Waals surface area contributed by atoms with E-state index < -0.39 is 5.82 Å². The molecule has 5 heteroatoms. The molecule has 0 spiro atoms. The van der Waals surface area contributed by atoms with Crippen LogP contribution in [-0.4, -0.2) is 10.9 Å². The van der Waals surface area contributed by atoms with Gasteiger partial charge in [0.2, 0.25) is 0 Å². The second-order valence-electron chi connectivity index (χ2n) is 3.78. The van der Waals surface area contributed by atoms with E-state index in [2.05, 4.69) is 26.2 Å². The molecule has 0 aliphatic heterocycles. The van der Waals surface area contributed by atoms with Crippen LogP contribution in [0.25, 0.3) is 0 Å². The van der Waals surface area contributed by atoms with Gasteiger partial charge in [-0.05, 0) is 52.7 Å². The van der Waals surface area contributed by atoms with E-state index in [1.807, 2.05) is 13.0 Å². The lowest BCUT2D eigenvalue weighted by Gasteiger charge is -2.07. The molecular formula is C13H10BrFN2O. The van der Waals surface area contributed by atoms with E-state index in [-0.39, 0.29) is 11.5 Å². The van der Waals surface area contributed by atoms with Gasteiger partial charge in [-0.15, -0.1) is 0 Å². The summed E-state index contributed by atoms with van der Waals surface area (Å²) in [5.41, 5.74) is 1.09. The Balaban J connectivity index is 2.21. The highest BCUT2D eigenvalue weighted by Crippen LogP contribution is 2.17. The number of nitrogens with one attached hydrogen (secondary N) is 1. The van der Waals surface area contributed by atoms with Gasteiger partial charge in [-0.3, -0.25) is 4.79 Å². The first kappa shape index (κ1) is 12.7. The van der Waals surface area contributed by atoms with E-state index in [0.717, 1.165) is 10.0 Å². The quantitative estimate of drug-likeness (QED) is 0.922. The van der Waals surface area contributed by atoms with Crippen LogP contribution in [0.2, 0.25) is 0 Å². The standard InChI is InChI=1S/C13H10BrFN2O/c1-8-5-10(14)7-16-12(8)17-13(18)9-3-2-4-11(15)6-9/h2-7H,1H3,(H,16,17,18). The van der Waals surface area contributed by atoms with Gasteiger partial charge in [-0.25, -0.2) is 9.37 Å². The van der Waals surface area contributed by atoms with Crippen molar-refractivity contribution in [1.29, 1.82) is 0 Å². The molecule has 0 radical (unpaired) electrons. The number of carbonyl (C=O) groups is 1. The van der Waals surface area contributed by atoms with Gasteiger partial charge in [0, 0.05) is 16.2 Å². The van der Waals surface area contributed by atoms with Gasteiger partial charge in [0.05, 0.1) is 0 Å². The summed E-state index contributed by atoms with van der Waals surface area (Å²) in [6, 6.07) is 7.36. The molecule has 0 aliphatic rings. The number of carbonyl (C=O) groups excluding carboxylic acids is 1. The summed E-state index contributed by atoms with van der Waals surface area (Å²) in [6.45, 7) is 1.83. The van der Waals surface area contributed by atoms with Crippen molar-refractivity contribution in [3.8, 4) is 0 Å². The molecule has 0 fully saturated rings. The van der Waals surface area contributed by atoms with Gasteiger partial charge in [0.25, 0.3) is 5.91 Å². The number of halogens is 2. The number of anilines is 1. The zero-order chi connectivity index (χ0) is 13.1. The van der Waals surface area contributed by atoms with Gasteiger partial charge in [0.15, 0.2) is 0 Å². The molecule has 1 heterocycles. The monoisotopic (exact) mass is 308 g/mol. The second-order valence-corrected chi connectivity index (χ2v) is 4.70. The summed E-state index contributed by atoms with van der Waals surface area (Å²) in [6.07, 6.45) is 1.59. The third-order valence-electron chi connectivity index (χ3n) is 2.36. The molecular weight excluding hydrogens is 299 g/mol. The second kappa shape index (κ2) is 5.27. The zero-order valence-corrected chi connectivity index (χ0v) is 11.2. The van der Waals surface area contributed by atoms with Crippen molar-refractivity contribution in [2.75, 3.05) is 5.32 Å². The molecule has 18 heavy (non-hydrogen) atoms. The first-order valence-corrected chi connectivity index (χ1v) is 6.04. The normalized spacial score (nSPS) is 10.2. The summed E-state index contributed by atoms with van der Waals surface area (Å²) in [5.74, 6) is -0.358. The molecule has 92 valence electrons. The SMILES string of the molecule is Cc1cc(Br)cnc1NC(=O)c1cccc(F)c1. The number of aryl methyl sites for hydroxylation is 1. The number of nitrogens with zero attached hydrogens (tertiary/aromatic N) is 1. The summed E-state index contributed by atoms with van der Waals surface area (Å²) < 4.78 is 13.8. The van der Waals surface area contributed by atoms with Crippen LogP contribution >= 0.6 is 15.9 Å². The highest BCUT2D eigenvalue weighted by Gasteiger charge is 2.09. The molecule has 2 rings (SSSR count). The topological polar surface area (TPSA) is 42.0 Å². The third kappa shape index (κ3) is 2.92. The minimum Gasteiger partial charge on any atom is -0.306 e. The van der Waals surface area contributed by atoms with E-state index in [4.69, 9.17) is 0 Å². The Morgan fingerprint density at radius 1 is 1.39 bits per heavy atom. The fourth-order valence-corrected chi connectivity index (χ4v) is 1.93. The van der Waals surface area contributed by atoms with E-state index in [1.54, 1.807) is 12.3 Å². The van der Waals surface area contributed by atoms with Crippen molar-refractivity contribution in [2.24, 2.45) is 0 Å². The molecule has 1 aromatic heterocycles. The zero-order valence-electron chi connectivity index (χ0n) is 9.58. The molecule has 0 atom stereocenters. The van der Waals surface area contributed by atoms with Crippen LogP contribution in [-0.2, 0) is 0 Å². The maximum absolute atomic E-state index is 13.0. The molecule has 0 unspecified atom stereocenters. The molecule has 2 aromatic rings. The van der Waals surface area contributed by atoms with E-state index in [0.29, 0.717) is 5.82 Å². The van der Waals surface area contributed by atoms with Crippen LogP contribution in [0.4, 0.5) is 10.2 Å². The first-order valence-electron chi connectivity index (χ1n) is 5.25. The van der Waals surface area contributed by atoms with Crippen LogP contribution < -0.4 is 5.32 Å². The van der Waals surface area contributed by atoms with E-state index >= 15 is 0 Å². The molecule has 0 aliphatic carbocycles. The summed E-state index contributed by atoms with van der Waals surface area (Å²) in [7, 11) is 0. The molecule has 1 N–H and O–H groups in total. The maximum atomic E-state index is 13.0. The Bertz CT molecular complexity index is 601. The summed E-state index contributed by atoms with van der Waals surface area (Å²) >= 11 is 3.29. The largest absolute Gasteiger partial charge is 0.306 e. The Hall–Kier alpha value is -1.75. The number of benzene rings is 1. The average molecular weight is 309 g/mol. The van der Waals surface area contributed by atoms with Crippen LogP contribution in [0, 0.1) is 12.7 Å². The highest BCUT2D eigenvalue weighted by atomic mass is 79.9. The Labute approximate surface area is 112 Å². The molecule has 1 aromatic carbocycles. The van der Waals surface area contributed by atoms with Gasteiger partial charge in [-0.2, -0.15) is 0 Å². The summed E-state index contributed by atoms with van der Waals surface area (Å²) in [4.78, 5) is 16.0. The van der Waals surface area contributed by atoms with Gasteiger partial charge < -0.3 is 5.32 Å². The third-order valence-corrected chi connectivity index (χ3v) is 2.80. The van der Waals surface area contributed by atoms with E-state index in [1.165, 1.54) is 18.2 Å². The first-order chi connectivity index (χ1) is 8.56. The molecule has 3 nitrogen and oxygen atoms in total. The number of rotatable bonds is 2. The van der Waals surface area contributed by atoms with Crippen LogP contribution in [0.5, 0.6) is 0 Å². The van der Waals surface area contributed by atoms with Crippen LogP contribution in [0.15, 0.2) is 41.0 Å². The average Bonchev–Trinajstić information content (AvgIpc) is 2.32. The molecule has 1 amide bonds. The Kier molecular flexibility index (Phi) is 3.72. The van der Waals surface area contributed by atoms with Crippen LogP contribution in [0.3, 0.4) is 0 Å². The number of amides is 1. The van der Waals surface area contributed by atoms with Gasteiger partial charge >= 0.3 is 0 Å². The highest BCUT2D eigenvalue weighted by molar-refractivity contribution is 9.10. The van der Waals surface area contributed by atoms with Crippen LogP contribution in [0.1, 0.15) is 15.9 Å². The molecule has 0 saturated carbocycles. The van der Waals surface area contributed by atoms with Crippen molar-refractivity contribution < 1.29 is 9.18 Å². The Morgan fingerprint density at radius 2 is 2.17 bits per heavy atom. The lowest BCUT2D eigenvalue weighted by Crippen LogP contribution is -2.14. The predicted molar refractivity (Wildman–Crippen MR) is 71.0 cm³/mol. The smallest absolute Gasteiger partial charge is 0.256 e. The number of hydrogen-bond acceptors (Lipinski definition) is 2. The van der Waals surface area contributed by atoms with E-state index in [9.17, 15) is 9.18 Å². The molecule has 0 bridgehead atoms. The fourth-order valence-electron chi connectivity index (χ4n) is 1.48. The number of pyridine rings is 1. The van der Waals surface area contributed by atoms with Gasteiger partial charge in [-0.1, -0.05) is 6.07 Å². The lowest BCUT2D eigenvalue weighted by molar-refractivity contribution is 0.102. The van der Waals surface area contributed by atoms with Crippen molar-refractivity contribution in [1.82, 2.24) is 4.98 Å². The predicted octanol–water partition coefficient (Wildman–Crippen LogP) is 3.54. The Morgan fingerprint density at radius 3 is 2.83 bits per heavy atom. The maximum Gasteiger partial charge on any atom is 0.256 e.